The van der Waals surface area contributed by atoms with Crippen LogP contribution in [0.1, 0.15) is 0 Å². The summed E-state index contributed by atoms with van der Waals surface area (Å²) in [5, 5.41) is 0.0856. The molecule has 0 heterocycles. The Morgan fingerprint density at radius 1 is 1.56 bits per heavy atom. The molecule has 0 bridgehead atoms. The van der Waals surface area contributed by atoms with Crippen LogP contribution in [0.15, 0.2) is 35.8 Å². The third-order valence-corrected chi connectivity index (χ3v) is 0.942. The maximum atomic E-state index is 11.9. The molecule has 0 aromatic rings. The van der Waals surface area contributed by atoms with E-state index < -0.39 is 5.83 Å². The van der Waals surface area contributed by atoms with Gasteiger partial charge >= 0.3 is 0 Å². The minimum absolute atomic E-state index is 0.0856. The molecule has 0 aliphatic carbocycles. The highest BCUT2D eigenvalue weighted by atomic mass is 35.5. The zero-order chi connectivity index (χ0) is 7.44. The Morgan fingerprint density at radius 3 is 2.11 bits per heavy atom. The van der Waals surface area contributed by atoms with Crippen LogP contribution in [-0.2, 0) is 0 Å². The van der Waals surface area contributed by atoms with Crippen LogP contribution in [-0.4, -0.2) is 0 Å². The maximum Gasteiger partial charge on any atom is 0.117 e. The Balaban J connectivity index is 4.17. The van der Waals surface area contributed by atoms with Gasteiger partial charge in [0.1, 0.15) is 5.83 Å². The second-order valence-electron chi connectivity index (χ2n) is 1.46. The Labute approximate surface area is 58.3 Å². The molecule has 0 rings (SSSR count). The Hall–Kier alpha value is -0.760. The lowest BCUT2D eigenvalue weighted by Crippen LogP contribution is -1.93. The van der Waals surface area contributed by atoms with Crippen LogP contribution in [0.4, 0.5) is 4.39 Å². The average Bonchev–Trinajstić information content (AvgIpc) is 1.63. The first-order valence-electron chi connectivity index (χ1n) is 2.20. The molecule has 0 saturated heterocycles. The monoisotopic (exact) mass is 147 g/mol. The van der Waals surface area contributed by atoms with E-state index in [1.54, 1.807) is 0 Å². The van der Waals surface area contributed by atoms with Gasteiger partial charge in [0.15, 0.2) is 0 Å². The van der Waals surface area contributed by atoms with E-state index in [1.807, 2.05) is 0 Å². The van der Waals surface area contributed by atoms with Gasteiger partial charge in [0.2, 0.25) is 0 Å². The molecule has 0 amide bonds. The van der Waals surface area contributed by atoms with E-state index in [-0.39, 0.29) is 10.7 Å². The van der Waals surface area contributed by atoms with E-state index in [0.29, 0.717) is 0 Å². The number of halogens is 2. The van der Waals surface area contributed by atoms with E-state index >= 15 is 0 Å². The van der Waals surface area contributed by atoms with Gasteiger partial charge in [-0.1, -0.05) is 24.8 Å². The van der Waals surface area contributed by atoms with Crippen molar-refractivity contribution in [1.82, 2.24) is 0 Å². The van der Waals surface area contributed by atoms with Gasteiger partial charge < -0.3 is 5.73 Å². The van der Waals surface area contributed by atoms with Crippen LogP contribution in [0.3, 0.4) is 0 Å². The van der Waals surface area contributed by atoms with Crippen molar-refractivity contribution in [3.63, 3.8) is 0 Å². The molecule has 0 aliphatic rings. The summed E-state index contributed by atoms with van der Waals surface area (Å²) >= 11 is 5.35. The molecule has 0 spiro atoms. The first-order chi connectivity index (χ1) is 4.04. The van der Waals surface area contributed by atoms with Crippen molar-refractivity contribution in [2.45, 2.75) is 0 Å². The highest BCUT2D eigenvalue weighted by Gasteiger charge is 1.92. The van der Waals surface area contributed by atoms with Crippen LogP contribution >= 0.6 is 11.6 Å². The fourth-order valence-electron chi connectivity index (χ4n) is 0.230. The van der Waals surface area contributed by atoms with E-state index in [1.165, 1.54) is 0 Å². The predicted octanol–water partition coefficient (Wildman–Crippen LogP) is 2.06. The summed E-state index contributed by atoms with van der Waals surface area (Å²) in [6.45, 7) is 6.23. The summed E-state index contributed by atoms with van der Waals surface area (Å²) in [6.07, 6.45) is 1.00. The van der Waals surface area contributed by atoms with Gasteiger partial charge in [-0.15, -0.1) is 0 Å². The number of allylic oxidation sites excluding steroid dienone is 3. The van der Waals surface area contributed by atoms with Crippen molar-refractivity contribution in [2.24, 2.45) is 5.73 Å². The third-order valence-electron chi connectivity index (χ3n) is 0.590. The van der Waals surface area contributed by atoms with Crippen LogP contribution in [0, 0.1) is 0 Å². The van der Waals surface area contributed by atoms with E-state index in [4.69, 9.17) is 17.3 Å². The molecule has 0 saturated carbocycles. The van der Waals surface area contributed by atoms with Gasteiger partial charge in [0, 0.05) is 5.70 Å². The van der Waals surface area contributed by atoms with Gasteiger partial charge in [-0.3, -0.25) is 0 Å². The van der Waals surface area contributed by atoms with Crippen LogP contribution < -0.4 is 5.73 Å². The third kappa shape index (κ3) is 3.79. The lowest BCUT2D eigenvalue weighted by molar-refractivity contribution is 0.671. The molecule has 2 N–H and O–H groups in total. The minimum Gasteiger partial charge on any atom is -0.398 e. The smallest absolute Gasteiger partial charge is 0.117 e. The number of nitrogens with two attached hydrogens (primary N) is 1. The van der Waals surface area contributed by atoms with Crippen molar-refractivity contribution in [3.8, 4) is 0 Å². The Bertz CT molecular complexity index is 172. The lowest BCUT2D eigenvalue weighted by atomic mass is 10.4. The number of rotatable bonds is 2. The highest BCUT2D eigenvalue weighted by molar-refractivity contribution is 6.31. The van der Waals surface area contributed by atoms with Crippen LogP contribution in [0.5, 0.6) is 0 Å². The molecule has 50 valence electrons. The molecule has 1 nitrogen and oxygen atoms in total. The molecular formula is C6H7ClFN. The zero-order valence-corrected chi connectivity index (χ0v) is 5.58. The van der Waals surface area contributed by atoms with Gasteiger partial charge in [-0.25, -0.2) is 4.39 Å². The van der Waals surface area contributed by atoms with Crippen molar-refractivity contribution in [3.05, 3.63) is 35.8 Å². The predicted molar refractivity (Wildman–Crippen MR) is 37.5 cm³/mol. The summed E-state index contributed by atoms with van der Waals surface area (Å²) in [7, 11) is 0. The molecule has 0 fully saturated rings. The van der Waals surface area contributed by atoms with E-state index in [2.05, 4.69) is 13.2 Å². The van der Waals surface area contributed by atoms with E-state index in [9.17, 15) is 4.39 Å². The highest BCUT2D eigenvalue weighted by Crippen LogP contribution is 2.10. The first kappa shape index (κ1) is 8.24. The molecular weight excluding hydrogens is 141 g/mol. The fraction of sp³-hybridized carbons (Fsp3) is 0. The molecule has 0 aromatic heterocycles. The number of hydrogen-bond donors (Lipinski definition) is 1. The Morgan fingerprint density at radius 2 is 2.00 bits per heavy atom. The minimum atomic E-state index is -0.633. The summed E-state index contributed by atoms with van der Waals surface area (Å²) in [6, 6.07) is 0. The molecule has 0 atom stereocenters. The summed E-state index contributed by atoms with van der Waals surface area (Å²) < 4.78 is 11.9. The molecule has 0 radical (unpaired) electrons. The van der Waals surface area contributed by atoms with Gasteiger partial charge in [-0.2, -0.15) is 0 Å². The molecule has 0 aromatic carbocycles. The quantitative estimate of drug-likeness (QED) is 0.595. The van der Waals surface area contributed by atoms with Crippen LogP contribution in [0.2, 0.25) is 0 Å². The van der Waals surface area contributed by atoms with Crippen molar-refractivity contribution < 1.29 is 4.39 Å². The van der Waals surface area contributed by atoms with Crippen LogP contribution in [0.25, 0.3) is 0 Å². The topological polar surface area (TPSA) is 26.0 Å². The van der Waals surface area contributed by atoms with Crippen molar-refractivity contribution in [1.29, 1.82) is 0 Å². The summed E-state index contributed by atoms with van der Waals surface area (Å²) in [5.41, 5.74) is 5.22. The second kappa shape index (κ2) is 3.30. The first-order valence-corrected chi connectivity index (χ1v) is 2.58. The fourth-order valence-corrected chi connectivity index (χ4v) is 0.349. The van der Waals surface area contributed by atoms with Gasteiger partial charge in [0.25, 0.3) is 0 Å². The molecule has 3 heteroatoms. The van der Waals surface area contributed by atoms with E-state index in [0.717, 1.165) is 6.08 Å². The van der Waals surface area contributed by atoms with Gasteiger partial charge in [0.05, 0.1) is 5.03 Å². The summed E-state index contributed by atoms with van der Waals surface area (Å²) in [5.74, 6) is -0.633. The average molecular weight is 148 g/mol. The lowest BCUT2D eigenvalue weighted by Gasteiger charge is -1.92. The normalized spacial score (nSPS) is 11.1. The van der Waals surface area contributed by atoms with Gasteiger partial charge in [-0.05, 0) is 6.08 Å². The molecule has 0 aliphatic heterocycles. The Kier molecular flexibility index (Phi) is 3.02. The van der Waals surface area contributed by atoms with Crippen molar-refractivity contribution in [2.75, 3.05) is 0 Å². The zero-order valence-electron chi connectivity index (χ0n) is 4.82. The maximum absolute atomic E-state index is 11.9. The second-order valence-corrected chi connectivity index (χ2v) is 1.87. The summed E-state index contributed by atoms with van der Waals surface area (Å²) in [4.78, 5) is 0. The molecule has 0 unspecified atom stereocenters. The molecule has 9 heavy (non-hydrogen) atoms. The number of hydrogen-bond acceptors (Lipinski definition) is 1. The standard InChI is InChI=1S/C6H7ClFN/c1-4(8)3-6(7)5(2)9/h3H,1-2,9H2/b6-3+. The van der Waals surface area contributed by atoms with Crippen molar-refractivity contribution >= 4 is 11.6 Å². The SMILES string of the molecule is C=C(F)/C=C(/Cl)C(=C)N. The largest absolute Gasteiger partial charge is 0.398 e.